The Kier molecular flexibility index (Phi) is 6.06. The van der Waals surface area contributed by atoms with Crippen LogP contribution in [0.2, 0.25) is 0 Å². The van der Waals surface area contributed by atoms with Crippen molar-refractivity contribution in [3.8, 4) is 0 Å². The second-order valence-electron chi connectivity index (χ2n) is 5.67. The summed E-state index contributed by atoms with van der Waals surface area (Å²) in [7, 11) is 0. The Morgan fingerprint density at radius 1 is 1.10 bits per heavy atom. The molecule has 0 spiro atoms. The fraction of sp³-hybridized carbons (Fsp3) is 0.588. The number of rotatable bonds is 7. The summed E-state index contributed by atoms with van der Waals surface area (Å²) in [6.07, 6.45) is 6.49. The molecule has 3 heteroatoms. The van der Waals surface area contributed by atoms with E-state index in [1.165, 1.54) is 31.2 Å². The molecular weight excluding hydrogens is 252 g/mol. The Hall–Kier alpha value is -1.35. The average Bonchev–Trinajstić information content (AvgIpc) is 2.49. The Balaban J connectivity index is 1.79. The second kappa shape index (κ2) is 8.05. The lowest BCUT2D eigenvalue weighted by Crippen LogP contribution is -2.15. The summed E-state index contributed by atoms with van der Waals surface area (Å²) >= 11 is 0. The van der Waals surface area contributed by atoms with Gasteiger partial charge in [-0.25, -0.2) is 5.11 Å². The van der Waals surface area contributed by atoms with E-state index in [1.54, 1.807) is 0 Å². The van der Waals surface area contributed by atoms with Crippen molar-refractivity contribution >= 4 is 6.47 Å². The molecule has 1 aromatic carbocycles. The van der Waals surface area contributed by atoms with Gasteiger partial charge in [-0.15, -0.1) is 0 Å². The van der Waals surface area contributed by atoms with Gasteiger partial charge < -0.3 is 4.74 Å². The lowest BCUT2D eigenvalue weighted by Gasteiger charge is -2.28. The van der Waals surface area contributed by atoms with Crippen LogP contribution < -0.4 is 0 Å². The number of carbonyl (C=O) groups is 1. The summed E-state index contributed by atoms with van der Waals surface area (Å²) in [5.41, 5.74) is 2.55. The summed E-state index contributed by atoms with van der Waals surface area (Å²) in [6, 6.07) is 8.56. The van der Waals surface area contributed by atoms with Gasteiger partial charge in [0.1, 0.15) is 0 Å². The molecular formula is C17H23O3. The molecule has 3 nitrogen and oxygen atoms in total. The SMILES string of the molecule is [O]CCc1ccc(C2CCC(CCOC=O)CC2)cc1. The van der Waals surface area contributed by atoms with Gasteiger partial charge >= 0.3 is 0 Å². The molecule has 0 heterocycles. The Labute approximate surface area is 121 Å². The highest BCUT2D eigenvalue weighted by Gasteiger charge is 2.22. The molecule has 0 aromatic heterocycles. The van der Waals surface area contributed by atoms with Crippen LogP contribution in [0.3, 0.4) is 0 Å². The average molecular weight is 275 g/mol. The third-order valence-corrected chi connectivity index (χ3v) is 4.40. The predicted octanol–water partition coefficient (Wildman–Crippen LogP) is 3.50. The van der Waals surface area contributed by atoms with Gasteiger partial charge in [0.15, 0.2) is 0 Å². The van der Waals surface area contributed by atoms with Crippen molar-refractivity contribution in [3.63, 3.8) is 0 Å². The molecule has 20 heavy (non-hydrogen) atoms. The largest absolute Gasteiger partial charge is 0.468 e. The number of benzene rings is 1. The normalized spacial score (nSPS) is 22.4. The second-order valence-corrected chi connectivity index (χ2v) is 5.67. The fourth-order valence-corrected chi connectivity index (χ4v) is 3.14. The van der Waals surface area contributed by atoms with Gasteiger partial charge in [0.05, 0.1) is 13.2 Å². The van der Waals surface area contributed by atoms with E-state index < -0.39 is 0 Å². The topological polar surface area (TPSA) is 46.2 Å². The highest BCUT2D eigenvalue weighted by atomic mass is 16.5. The van der Waals surface area contributed by atoms with Crippen LogP contribution in [0.25, 0.3) is 0 Å². The van der Waals surface area contributed by atoms with E-state index >= 15 is 0 Å². The zero-order valence-electron chi connectivity index (χ0n) is 11.9. The molecule has 1 saturated carbocycles. The Morgan fingerprint density at radius 2 is 1.80 bits per heavy atom. The Morgan fingerprint density at radius 3 is 2.40 bits per heavy atom. The van der Waals surface area contributed by atoms with Gasteiger partial charge in [0.25, 0.3) is 6.47 Å². The van der Waals surface area contributed by atoms with E-state index in [9.17, 15) is 9.90 Å². The summed E-state index contributed by atoms with van der Waals surface area (Å²) in [6.45, 7) is 1.06. The first kappa shape index (κ1) is 15.0. The zero-order valence-corrected chi connectivity index (χ0v) is 11.9. The van der Waals surface area contributed by atoms with Crippen molar-refractivity contribution < 1.29 is 14.6 Å². The minimum absolute atomic E-state index is 0.0344. The highest BCUT2D eigenvalue weighted by Crippen LogP contribution is 2.37. The van der Waals surface area contributed by atoms with Crippen molar-refractivity contribution in [1.29, 1.82) is 0 Å². The van der Waals surface area contributed by atoms with Gasteiger partial charge in [-0.05, 0) is 61.5 Å². The van der Waals surface area contributed by atoms with Gasteiger partial charge in [-0.1, -0.05) is 24.3 Å². The van der Waals surface area contributed by atoms with Crippen molar-refractivity contribution in [2.24, 2.45) is 5.92 Å². The molecule has 1 aliphatic carbocycles. The minimum Gasteiger partial charge on any atom is -0.468 e. The lowest BCUT2D eigenvalue weighted by molar-refractivity contribution is -0.129. The third-order valence-electron chi connectivity index (χ3n) is 4.40. The smallest absolute Gasteiger partial charge is 0.293 e. The molecule has 1 radical (unpaired) electrons. The maximum Gasteiger partial charge on any atom is 0.293 e. The number of hydrogen-bond donors (Lipinski definition) is 0. The van der Waals surface area contributed by atoms with Crippen molar-refractivity contribution in [1.82, 2.24) is 0 Å². The van der Waals surface area contributed by atoms with Crippen LogP contribution >= 0.6 is 0 Å². The molecule has 0 saturated heterocycles. The molecule has 1 aromatic rings. The standard InChI is InChI=1S/C17H23O3/c18-11-9-14-1-5-16(6-2-14)17-7-3-15(4-8-17)10-12-20-13-19/h1-2,5-6,13,15,17H,3-4,7-12H2. The van der Waals surface area contributed by atoms with Crippen molar-refractivity contribution in [2.45, 2.75) is 44.4 Å². The third kappa shape index (κ3) is 4.34. The first-order valence-corrected chi connectivity index (χ1v) is 7.55. The maximum atomic E-state index is 10.6. The van der Waals surface area contributed by atoms with Crippen LogP contribution in [0.15, 0.2) is 24.3 Å². The van der Waals surface area contributed by atoms with Crippen LogP contribution in [0, 0.1) is 5.92 Å². The van der Waals surface area contributed by atoms with Crippen molar-refractivity contribution in [3.05, 3.63) is 35.4 Å². The first-order chi connectivity index (χ1) is 9.83. The summed E-state index contributed by atoms with van der Waals surface area (Å²) in [5, 5.41) is 10.6. The van der Waals surface area contributed by atoms with Crippen LogP contribution in [-0.2, 0) is 21.1 Å². The molecule has 0 N–H and O–H groups in total. The molecule has 0 amide bonds. The van der Waals surface area contributed by atoms with Gasteiger partial charge in [-0.3, -0.25) is 4.79 Å². The molecule has 1 fully saturated rings. The zero-order chi connectivity index (χ0) is 14.2. The first-order valence-electron chi connectivity index (χ1n) is 7.55. The van der Waals surface area contributed by atoms with Crippen LogP contribution in [-0.4, -0.2) is 19.7 Å². The van der Waals surface area contributed by atoms with E-state index in [4.69, 9.17) is 4.74 Å². The number of hydrogen-bond acceptors (Lipinski definition) is 2. The van der Waals surface area contributed by atoms with E-state index in [1.807, 2.05) is 0 Å². The molecule has 109 valence electrons. The summed E-state index contributed by atoms with van der Waals surface area (Å²) in [4.78, 5) is 10.1. The van der Waals surface area contributed by atoms with E-state index in [-0.39, 0.29) is 6.61 Å². The molecule has 0 aliphatic heterocycles. The van der Waals surface area contributed by atoms with Gasteiger partial charge in [0, 0.05) is 0 Å². The summed E-state index contributed by atoms with van der Waals surface area (Å²) < 4.78 is 4.78. The lowest BCUT2D eigenvalue weighted by atomic mass is 9.77. The molecule has 2 rings (SSSR count). The van der Waals surface area contributed by atoms with Crippen LogP contribution in [0.5, 0.6) is 0 Å². The molecule has 1 aliphatic rings. The molecule has 0 atom stereocenters. The van der Waals surface area contributed by atoms with Gasteiger partial charge in [-0.2, -0.15) is 0 Å². The Bertz CT molecular complexity index is 391. The number of ether oxygens (including phenoxy) is 1. The minimum atomic E-state index is -0.0344. The van der Waals surface area contributed by atoms with Gasteiger partial charge in [0.2, 0.25) is 0 Å². The molecule has 0 bridgehead atoms. The fourth-order valence-electron chi connectivity index (χ4n) is 3.14. The van der Waals surface area contributed by atoms with Crippen molar-refractivity contribution in [2.75, 3.05) is 13.2 Å². The number of carbonyl (C=O) groups excluding carboxylic acids is 1. The molecule has 0 unspecified atom stereocenters. The van der Waals surface area contributed by atoms with E-state index in [0.717, 1.165) is 12.0 Å². The monoisotopic (exact) mass is 275 g/mol. The quantitative estimate of drug-likeness (QED) is 0.565. The predicted molar refractivity (Wildman–Crippen MR) is 77.0 cm³/mol. The van der Waals surface area contributed by atoms with E-state index in [0.29, 0.717) is 31.3 Å². The maximum absolute atomic E-state index is 10.6. The van der Waals surface area contributed by atoms with Crippen LogP contribution in [0.4, 0.5) is 0 Å². The van der Waals surface area contributed by atoms with Crippen LogP contribution in [0.1, 0.15) is 49.1 Å². The highest BCUT2D eigenvalue weighted by molar-refractivity contribution is 5.36. The van der Waals surface area contributed by atoms with E-state index in [2.05, 4.69) is 24.3 Å². The summed E-state index contributed by atoms with van der Waals surface area (Å²) in [5.74, 6) is 1.35.